The molecule has 0 amide bonds. The first-order valence-corrected chi connectivity index (χ1v) is 10.6. The molecule has 2 saturated carbocycles. The Morgan fingerprint density at radius 2 is 1.89 bits per heavy atom. The third-order valence-corrected chi connectivity index (χ3v) is 8.17. The largest absolute Gasteiger partial charge is 0.508 e. The van der Waals surface area contributed by atoms with E-state index in [2.05, 4.69) is 43.3 Å². The van der Waals surface area contributed by atoms with Crippen LogP contribution in [-0.4, -0.2) is 16.3 Å². The molecular formula is C25H30O2. The van der Waals surface area contributed by atoms with Gasteiger partial charge in [0.2, 0.25) is 0 Å². The standard InChI is InChI=1S/C25H30O2/c1-25-12-11-21-20-10-8-19(26)14-17(20)7-9-22(21)23(25)15-18(24(25)27)13-16-5-3-2-4-6-16/h2-6,8,10,14,18,21-24,26-27H,7,9,11-13,15H2,1H3/t18-,21+,22+,23-,24-,25-/m0/s1. The van der Waals surface area contributed by atoms with Gasteiger partial charge in [-0.3, -0.25) is 0 Å². The lowest BCUT2D eigenvalue weighted by atomic mass is 9.55. The van der Waals surface area contributed by atoms with Gasteiger partial charge in [0.15, 0.2) is 0 Å². The first-order valence-electron chi connectivity index (χ1n) is 10.6. The van der Waals surface area contributed by atoms with Crippen molar-refractivity contribution in [1.82, 2.24) is 0 Å². The fourth-order valence-corrected chi connectivity index (χ4v) is 6.83. The van der Waals surface area contributed by atoms with Crippen LogP contribution in [0.1, 0.15) is 55.2 Å². The van der Waals surface area contributed by atoms with Gasteiger partial charge in [-0.15, -0.1) is 0 Å². The molecule has 5 rings (SSSR count). The minimum Gasteiger partial charge on any atom is -0.508 e. The van der Waals surface area contributed by atoms with Crippen molar-refractivity contribution in [1.29, 1.82) is 0 Å². The van der Waals surface area contributed by atoms with E-state index in [0.29, 0.717) is 29.4 Å². The number of aliphatic hydroxyl groups is 1. The van der Waals surface area contributed by atoms with Crippen molar-refractivity contribution < 1.29 is 10.2 Å². The Morgan fingerprint density at radius 1 is 1.07 bits per heavy atom. The average Bonchev–Trinajstić information content (AvgIpc) is 2.93. The summed E-state index contributed by atoms with van der Waals surface area (Å²) in [5.74, 6) is 2.67. The summed E-state index contributed by atoms with van der Waals surface area (Å²) in [5.41, 5.74) is 4.23. The molecule has 0 aliphatic heterocycles. The van der Waals surface area contributed by atoms with E-state index in [1.165, 1.54) is 29.5 Å². The van der Waals surface area contributed by atoms with Gasteiger partial charge in [0.05, 0.1) is 6.10 Å². The Kier molecular flexibility index (Phi) is 4.09. The molecule has 2 aromatic rings. The number of aliphatic hydroxyl groups excluding tert-OH is 1. The van der Waals surface area contributed by atoms with E-state index in [-0.39, 0.29) is 11.5 Å². The first-order chi connectivity index (χ1) is 13.1. The van der Waals surface area contributed by atoms with Crippen LogP contribution in [0.25, 0.3) is 0 Å². The molecule has 3 aliphatic carbocycles. The summed E-state index contributed by atoms with van der Waals surface area (Å²) in [7, 11) is 0. The zero-order valence-electron chi connectivity index (χ0n) is 16.1. The van der Waals surface area contributed by atoms with Crippen molar-refractivity contribution in [2.24, 2.45) is 23.2 Å². The fourth-order valence-electron chi connectivity index (χ4n) is 6.83. The molecule has 0 spiro atoms. The number of hydrogen-bond donors (Lipinski definition) is 2. The second-order valence-corrected chi connectivity index (χ2v) is 9.47. The van der Waals surface area contributed by atoms with Crippen LogP contribution in [0.5, 0.6) is 5.75 Å². The highest BCUT2D eigenvalue weighted by atomic mass is 16.3. The van der Waals surface area contributed by atoms with Crippen LogP contribution in [0, 0.1) is 23.2 Å². The molecule has 2 aromatic carbocycles. The highest BCUT2D eigenvalue weighted by molar-refractivity contribution is 5.40. The van der Waals surface area contributed by atoms with Gasteiger partial charge in [-0.2, -0.15) is 0 Å². The molecule has 142 valence electrons. The summed E-state index contributed by atoms with van der Waals surface area (Å²) in [6.07, 6.45) is 6.51. The van der Waals surface area contributed by atoms with Gasteiger partial charge >= 0.3 is 0 Å². The number of hydrogen-bond acceptors (Lipinski definition) is 2. The second-order valence-electron chi connectivity index (χ2n) is 9.47. The lowest BCUT2D eigenvalue weighted by Gasteiger charge is -2.50. The molecule has 0 heterocycles. The number of rotatable bonds is 2. The molecular weight excluding hydrogens is 332 g/mol. The third kappa shape index (κ3) is 2.72. The molecule has 0 unspecified atom stereocenters. The summed E-state index contributed by atoms with van der Waals surface area (Å²) in [4.78, 5) is 0. The molecule has 6 atom stereocenters. The Bertz CT molecular complexity index is 829. The Labute approximate surface area is 162 Å². The summed E-state index contributed by atoms with van der Waals surface area (Å²) in [5, 5.41) is 21.1. The van der Waals surface area contributed by atoms with Gasteiger partial charge in [-0.05, 0) is 96.4 Å². The Hall–Kier alpha value is -1.80. The van der Waals surface area contributed by atoms with Crippen LogP contribution in [0.2, 0.25) is 0 Å². The van der Waals surface area contributed by atoms with E-state index in [4.69, 9.17) is 0 Å². The van der Waals surface area contributed by atoms with E-state index in [0.717, 1.165) is 25.7 Å². The SMILES string of the molecule is C[C@]12CC[C@@H]3c4ccc(O)cc4CC[C@H]3[C@@H]1C[C@H](Cc1ccccc1)[C@@H]2O. The summed E-state index contributed by atoms with van der Waals surface area (Å²) < 4.78 is 0. The monoisotopic (exact) mass is 362 g/mol. The number of phenols is 1. The van der Waals surface area contributed by atoms with E-state index in [1.807, 2.05) is 12.1 Å². The molecule has 3 aliphatic rings. The van der Waals surface area contributed by atoms with E-state index in [9.17, 15) is 10.2 Å². The number of aromatic hydroxyl groups is 1. The van der Waals surface area contributed by atoms with Crippen molar-refractivity contribution in [3.63, 3.8) is 0 Å². The highest BCUT2D eigenvalue weighted by Gasteiger charge is 2.57. The van der Waals surface area contributed by atoms with Crippen molar-refractivity contribution in [2.75, 3.05) is 0 Å². The molecule has 27 heavy (non-hydrogen) atoms. The molecule has 2 N–H and O–H groups in total. The van der Waals surface area contributed by atoms with Crippen molar-refractivity contribution in [3.8, 4) is 5.75 Å². The van der Waals surface area contributed by atoms with Gasteiger partial charge in [0.1, 0.15) is 5.75 Å². The van der Waals surface area contributed by atoms with Crippen LogP contribution in [0.3, 0.4) is 0 Å². The van der Waals surface area contributed by atoms with Gasteiger partial charge in [-0.25, -0.2) is 0 Å². The Balaban J connectivity index is 1.42. The zero-order valence-corrected chi connectivity index (χ0v) is 16.1. The fraction of sp³-hybridized carbons (Fsp3) is 0.520. The number of benzene rings is 2. The predicted octanol–water partition coefficient (Wildman–Crippen LogP) is 5.08. The average molecular weight is 363 g/mol. The van der Waals surface area contributed by atoms with E-state index >= 15 is 0 Å². The smallest absolute Gasteiger partial charge is 0.115 e. The van der Waals surface area contributed by atoms with Crippen LogP contribution >= 0.6 is 0 Å². The molecule has 0 aromatic heterocycles. The maximum Gasteiger partial charge on any atom is 0.115 e. The van der Waals surface area contributed by atoms with E-state index < -0.39 is 0 Å². The molecule has 0 radical (unpaired) electrons. The maximum absolute atomic E-state index is 11.3. The minimum absolute atomic E-state index is 0.0645. The second kappa shape index (κ2) is 6.38. The van der Waals surface area contributed by atoms with Crippen molar-refractivity contribution in [3.05, 3.63) is 65.2 Å². The van der Waals surface area contributed by atoms with Gasteiger partial charge < -0.3 is 10.2 Å². The molecule has 2 heteroatoms. The predicted molar refractivity (Wildman–Crippen MR) is 108 cm³/mol. The van der Waals surface area contributed by atoms with Crippen LogP contribution in [0.4, 0.5) is 0 Å². The van der Waals surface area contributed by atoms with E-state index in [1.54, 1.807) is 0 Å². The van der Waals surface area contributed by atoms with Gasteiger partial charge in [0.25, 0.3) is 0 Å². The summed E-state index contributed by atoms with van der Waals surface area (Å²) in [6.45, 7) is 2.36. The normalized spacial score (nSPS) is 37.3. The zero-order chi connectivity index (χ0) is 18.6. The lowest BCUT2D eigenvalue weighted by Crippen LogP contribution is -2.44. The van der Waals surface area contributed by atoms with Crippen molar-refractivity contribution >= 4 is 0 Å². The quantitative estimate of drug-likeness (QED) is 0.782. The summed E-state index contributed by atoms with van der Waals surface area (Å²) >= 11 is 0. The maximum atomic E-state index is 11.3. The van der Waals surface area contributed by atoms with Crippen LogP contribution in [0.15, 0.2) is 48.5 Å². The lowest BCUT2D eigenvalue weighted by molar-refractivity contribution is -0.0325. The summed E-state index contributed by atoms with van der Waals surface area (Å²) in [6, 6.07) is 16.7. The number of aryl methyl sites for hydroxylation is 1. The van der Waals surface area contributed by atoms with Crippen molar-refractivity contribution in [2.45, 2.75) is 57.5 Å². The molecule has 2 nitrogen and oxygen atoms in total. The van der Waals surface area contributed by atoms with Gasteiger partial charge in [0, 0.05) is 0 Å². The number of fused-ring (bicyclic) bond motifs is 5. The highest BCUT2D eigenvalue weighted by Crippen LogP contribution is 2.62. The van der Waals surface area contributed by atoms with Gasteiger partial charge in [-0.1, -0.05) is 43.3 Å². The van der Waals surface area contributed by atoms with Crippen LogP contribution in [-0.2, 0) is 12.8 Å². The molecule has 0 saturated heterocycles. The third-order valence-electron chi connectivity index (χ3n) is 8.17. The first kappa shape index (κ1) is 17.3. The molecule has 2 fully saturated rings. The van der Waals surface area contributed by atoms with Crippen LogP contribution < -0.4 is 0 Å². The number of phenolic OH excluding ortho intramolecular Hbond substituents is 1. The Morgan fingerprint density at radius 3 is 2.70 bits per heavy atom. The molecule has 0 bridgehead atoms. The topological polar surface area (TPSA) is 40.5 Å². The minimum atomic E-state index is -0.190.